The molecule has 3 N–H and O–H groups in total. The second-order valence-electron chi connectivity index (χ2n) is 4.25. The van der Waals surface area contributed by atoms with Crippen LogP contribution < -0.4 is 5.73 Å². The zero-order valence-corrected chi connectivity index (χ0v) is 8.56. The third-order valence-electron chi connectivity index (χ3n) is 3.17. The summed E-state index contributed by atoms with van der Waals surface area (Å²) in [6, 6.07) is 0.791. The number of nitrogens with two attached hydrogens (primary N) is 1. The van der Waals surface area contributed by atoms with Crippen molar-refractivity contribution in [3.05, 3.63) is 29.1 Å². The van der Waals surface area contributed by atoms with Crippen LogP contribution in [-0.4, -0.2) is 5.11 Å². The van der Waals surface area contributed by atoms with Gasteiger partial charge in [-0.3, -0.25) is 0 Å². The summed E-state index contributed by atoms with van der Waals surface area (Å²) in [6.45, 7) is 0. The zero-order chi connectivity index (χ0) is 11.9. The Morgan fingerprint density at radius 3 is 2.25 bits per heavy atom. The topological polar surface area (TPSA) is 46.2 Å². The first kappa shape index (κ1) is 11.3. The molecule has 0 unspecified atom stereocenters. The van der Waals surface area contributed by atoms with E-state index in [9.17, 15) is 18.3 Å². The summed E-state index contributed by atoms with van der Waals surface area (Å²) >= 11 is 0. The lowest BCUT2D eigenvalue weighted by Crippen LogP contribution is -2.33. The number of halogens is 3. The first-order chi connectivity index (χ1) is 7.46. The van der Waals surface area contributed by atoms with Gasteiger partial charge in [0.05, 0.1) is 0 Å². The zero-order valence-electron chi connectivity index (χ0n) is 8.56. The van der Waals surface area contributed by atoms with E-state index in [0.717, 1.165) is 18.9 Å². The van der Waals surface area contributed by atoms with Gasteiger partial charge < -0.3 is 10.8 Å². The second kappa shape index (κ2) is 3.66. The SMILES string of the molecule is NC1(c2cc(F)c(F)c(F)c2O)CCCC1. The molecule has 88 valence electrons. The van der Waals surface area contributed by atoms with Crippen LogP contribution in [0.5, 0.6) is 5.75 Å². The van der Waals surface area contributed by atoms with E-state index in [-0.39, 0.29) is 5.56 Å². The fourth-order valence-corrected chi connectivity index (χ4v) is 2.24. The first-order valence-electron chi connectivity index (χ1n) is 5.11. The lowest BCUT2D eigenvalue weighted by molar-refractivity contribution is 0.355. The molecule has 0 bridgehead atoms. The maximum atomic E-state index is 13.2. The highest BCUT2D eigenvalue weighted by molar-refractivity contribution is 5.40. The van der Waals surface area contributed by atoms with Gasteiger partial charge in [-0.15, -0.1) is 0 Å². The molecule has 1 aliphatic carbocycles. The van der Waals surface area contributed by atoms with Crippen LogP contribution in [0.2, 0.25) is 0 Å². The predicted octanol–water partition coefficient (Wildman–Crippen LogP) is 2.54. The monoisotopic (exact) mass is 231 g/mol. The summed E-state index contributed by atoms with van der Waals surface area (Å²) in [6.07, 6.45) is 2.73. The minimum atomic E-state index is -1.66. The van der Waals surface area contributed by atoms with Crippen LogP contribution in [0.3, 0.4) is 0 Å². The molecule has 0 heterocycles. The fourth-order valence-electron chi connectivity index (χ4n) is 2.24. The third kappa shape index (κ3) is 1.55. The number of phenolic OH excluding ortho intramolecular Hbond substituents is 1. The van der Waals surface area contributed by atoms with Crippen LogP contribution in [0.1, 0.15) is 31.2 Å². The highest BCUT2D eigenvalue weighted by atomic mass is 19.2. The van der Waals surface area contributed by atoms with E-state index < -0.39 is 28.7 Å². The van der Waals surface area contributed by atoms with Gasteiger partial charge in [-0.2, -0.15) is 4.39 Å². The minimum Gasteiger partial charge on any atom is -0.505 e. The number of rotatable bonds is 1. The van der Waals surface area contributed by atoms with Crippen LogP contribution in [0, 0.1) is 17.5 Å². The Kier molecular flexibility index (Phi) is 2.58. The Hall–Kier alpha value is -1.23. The average Bonchev–Trinajstić information content (AvgIpc) is 2.68. The molecule has 0 aromatic heterocycles. The summed E-state index contributed by atoms with van der Waals surface area (Å²) in [5.74, 6) is -5.42. The smallest absolute Gasteiger partial charge is 0.203 e. The first-order valence-corrected chi connectivity index (χ1v) is 5.11. The molecule has 0 atom stereocenters. The maximum Gasteiger partial charge on any atom is 0.203 e. The normalized spacial score (nSPS) is 19.0. The molecular formula is C11H12F3NO. The second-order valence-corrected chi connectivity index (χ2v) is 4.25. The summed E-state index contributed by atoms with van der Waals surface area (Å²) in [7, 11) is 0. The molecule has 2 rings (SSSR count). The van der Waals surface area contributed by atoms with Crippen molar-refractivity contribution in [2.45, 2.75) is 31.2 Å². The molecule has 5 heteroatoms. The van der Waals surface area contributed by atoms with Crippen molar-refractivity contribution in [1.29, 1.82) is 0 Å². The number of aromatic hydroxyl groups is 1. The standard InChI is InChI=1S/C11H12F3NO/c12-7-5-6(10(16)9(14)8(7)13)11(15)3-1-2-4-11/h5,16H,1-4,15H2. The Morgan fingerprint density at radius 2 is 1.69 bits per heavy atom. The van der Waals surface area contributed by atoms with Gasteiger partial charge in [0.15, 0.2) is 17.4 Å². The van der Waals surface area contributed by atoms with Crippen LogP contribution in [0.15, 0.2) is 6.07 Å². The lowest BCUT2D eigenvalue weighted by Gasteiger charge is -2.25. The summed E-state index contributed by atoms with van der Waals surface area (Å²) in [5.41, 5.74) is 4.97. The highest BCUT2D eigenvalue weighted by Gasteiger charge is 2.36. The third-order valence-corrected chi connectivity index (χ3v) is 3.17. The van der Waals surface area contributed by atoms with Crippen molar-refractivity contribution < 1.29 is 18.3 Å². The molecule has 0 radical (unpaired) electrons. The maximum absolute atomic E-state index is 13.2. The Labute approximate surface area is 90.9 Å². The van der Waals surface area contributed by atoms with Crippen molar-refractivity contribution >= 4 is 0 Å². The van der Waals surface area contributed by atoms with E-state index in [1.54, 1.807) is 0 Å². The van der Waals surface area contributed by atoms with Gasteiger partial charge in [-0.1, -0.05) is 12.8 Å². The average molecular weight is 231 g/mol. The largest absolute Gasteiger partial charge is 0.505 e. The van der Waals surface area contributed by atoms with Gasteiger partial charge in [0, 0.05) is 11.1 Å². The van der Waals surface area contributed by atoms with Crippen LogP contribution >= 0.6 is 0 Å². The molecule has 1 aromatic rings. The molecule has 2 nitrogen and oxygen atoms in total. The van der Waals surface area contributed by atoms with E-state index in [2.05, 4.69) is 0 Å². The lowest BCUT2D eigenvalue weighted by atomic mass is 9.88. The number of phenols is 1. The molecule has 1 fully saturated rings. The van der Waals surface area contributed by atoms with Gasteiger partial charge in [0.2, 0.25) is 5.82 Å². The number of hydrogen-bond donors (Lipinski definition) is 2. The summed E-state index contributed by atoms with van der Waals surface area (Å²) in [4.78, 5) is 0. The van der Waals surface area contributed by atoms with Crippen LogP contribution in [0.4, 0.5) is 13.2 Å². The molecule has 0 amide bonds. The molecule has 0 aliphatic heterocycles. The molecule has 1 saturated carbocycles. The van der Waals surface area contributed by atoms with E-state index in [4.69, 9.17) is 5.73 Å². The predicted molar refractivity (Wildman–Crippen MR) is 52.3 cm³/mol. The van der Waals surface area contributed by atoms with E-state index in [1.807, 2.05) is 0 Å². The fraction of sp³-hybridized carbons (Fsp3) is 0.455. The summed E-state index contributed by atoms with van der Waals surface area (Å²) < 4.78 is 39.0. The van der Waals surface area contributed by atoms with E-state index in [1.165, 1.54) is 0 Å². The molecule has 1 aliphatic rings. The molecule has 0 spiro atoms. The van der Waals surface area contributed by atoms with Crippen molar-refractivity contribution in [2.24, 2.45) is 5.73 Å². The summed E-state index contributed by atoms with van der Waals surface area (Å²) in [5, 5.41) is 9.47. The van der Waals surface area contributed by atoms with Gasteiger partial charge in [0.25, 0.3) is 0 Å². The van der Waals surface area contributed by atoms with Gasteiger partial charge in [0.1, 0.15) is 0 Å². The minimum absolute atomic E-state index is 0.0404. The van der Waals surface area contributed by atoms with Crippen molar-refractivity contribution in [1.82, 2.24) is 0 Å². The number of hydrogen-bond acceptors (Lipinski definition) is 2. The molecule has 16 heavy (non-hydrogen) atoms. The van der Waals surface area contributed by atoms with Gasteiger partial charge >= 0.3 is 0 Å². The quantitative estimate of drug-likeness (QED) is 0.729. The Morgan fingerprint density at radius 1 is 1.12 bits per heavy atom. The van der Waals surface area contributed by atoms with Crippen LogP contribution in [0.25, 0.3) is 0 Å². The molecular weight excluding hydrogens is 219 g/mol. The molecule has 1 aromatic carbocycles. The Balaban J connectivity index is 2.57. The number of benzene rings is 1. The van der Waals surface area contributed by atoms with E-state index >= 15 is 0 Å². The van der Waals surface area contributed by atoms with Crippen molar-refractivity contribution in [3.63, 3.8) is 0 Å². The van der Waals surface area contributed by atoms with Crippen molar-refractivity contribution in [2.75, 3.05) is 0 Å². The van der Waals surface area contributed by atoms with Gasteiger partial charge in [-0.25, -0.2) is 8.78 Å². The van der Waals surface area contributed by atoms with E-state index in [0.29, 0.717) is 12.8 Å². The highest BCUT2D eigenvalue weighted by Crippen LogP contribution is 2.42. The Bertz CT molecular complexity index is 428. The molecule has 0 saturated heterocycles. The van der Waals surface area contributed by atoms with Crippen LogP contribution in [-0.2, 0) is 5.54 Å². The van der Waals surface area contributed by atoms with Crippen molar-refractivity contribution in [3.8, 4) is 5.75 Å². The van der Waals surface area contributed by atoms with Gasteiger partial charge in [-0.05, 0) is 18.9 Å².